The van der Waals surface area contributed by atoms with Crippen molar-refractivity contribution in [3.8, 4) is 11.3 Å². The number of benzene rings is 1. The summed E-state index contributed by atoms with van der Waals surface area (Å²) in [5.41, 5.74) is -3.88. The largest absolute Gasteiger partial charge is 0.441 e. The molecule has 0 atom stereocenters. The van der Waals surface area contributed by atoms with Crippen molar-refractivity contribution in [2.24, 2.45) is 5.92 Å². The molecule has 1 saturated carbocycles. The fourth-order valence-electron chi connectivity index (χ4n) is 4.84. The summed E-state index contributed by atoms with van der Waals surface area (Å²) >= 11 is 0. The molecule has 206 valence electrons. The molecule has 2 aromatic heterocycles. The zero-order chi connectivity index (χ0) is 27.8. The molecule has 0 bridgehead atoms. The van der Waals surface area contributed by atoms with Crippen molar-refractivity contribution in [3.63, 3.8) is 0 Å². The lowest BCUT2D eigenvalue weighted by Gasteiger charge is -2.35. The Balaban J connectivity index is 1.19. The van der Waals surface area contributed by atoms with Crippen LogP contribution in [0.5, 0.6) is 0 Å². The van der Waals surface area contributed by atoms with E-state index in [0.29, 0.717) is 49.7 Å². The van der Waals surface area contributed by atoms with Crippen LogP contribution in [0.15, 0.2) is 48.7 Å². The van der Waals surface area contributed by atoms with Gasteiger partial charge in [0.05, 0.1) is 23.4 Å². The molecule has 1 saturated heterocycles. The molecule has 1 aliphatic heterocycles. The minimum Gasteiger partial charge on any atom is -0.441 e. The van der Waals surface area contributed by atoms with E-state index >= 15 is 0 Å². The number of nitrogens with one attached hydrogen (secondary N) is 1. The van der Waals surface area contributed by atoms with Gasteiger partial charge in [0.15, 0.2) is 5.82 Å². The minimum atomic E-state index is -4.95. The Bertz CT molecular complexity index is 1290. The highest BCUT2D eigenvalue weighted by molar-refractivity contribution is 5.89. The van der Waals surface area contributed by atoms with Gasteiger partial charge in [-0.1, -0.05) is 0 Å². The second kappa shape index (κ2) is 9.97. The number of aromatic nitrogens is 4. The van der Waals surface area contributed by atoms with Crippen molar-refractivity contribution in [2.75, 3.05) is 23.3 Å². The Hall–Kier alpha value is -3.97. The summed E-state index contributed by atoms with van der Waals surface area (Å²) in [6.07, 6.45) is -5.98. The quantitative estimate of drug-likeness (QED) is 0.390. The molecule has 2 aliphatic rings. The predicted molar refractivity (Wildman–Crippen MR) is 127 cm³/mol. The number of carbonyl (C=O) groups excluding carboxylic acids is 1. The van der Waals surface area contributed by atoms with E-state index in [0.717, 1.165) is 12.8 Å². The first-order valence-corrected chi connectivity index (χ1v) is 12.1. The number of hydrogen-bond acceptors (Lipinski definition) is 7. The Kier molecular flexibility index (Phi) is 6.81. The molecule has 1 spiro atoms. The highest BCUT2D eigenvalue weighted by Gasteiger charge is 2.48. The number of halogens is 6. The monoisotopic (exact) mass is 552 g/mol. The summed E-state index contributed by atoms with van der Waals surface area (Å²) in [6, 6.07) is 7.46. The molecule has 8 nitrogen and oxygen atoms in total. The van der Waals surface area contributed by atoms with Crippen molar-refractivity contribution < 1.29 is 35.9 Å². The molecule has 3 aromatic rings. The van der Waals surface area contributed by atoms with Crippen LogP contribution in [-0.4, -0.2) is 45.2 Å². The highest BCUT2D eigenvalue weighted by Crippen LogP contribution is 2.41. The van der Waals surface area contributed by atoms with Gasteiger partial charge >= 0.3 is 18.4 Å². The second-order valence-corrected chi connectivity index (χ2v) is 9.64. The zero-order valence-corrected chi connectivity index (χ0v) is 20.3. The number of anilines is 2. The summed E-state index contributed by atoms with van der Waals surface area (Å²) < 4.78 is 84.7. The number of hydrogen-bond donors (Lipinski definition) is 1. The van der Waals surface area contributed by atoms with Gasteiger partial charge in [0.2, 0.25) is 0 Å². The molecule has 1 amide bonds. The van der Waals surface area contributed by atoms with Crippen LogP contribution in [0.3, 0.4) is 0 Å². The molecule has 1 aliphatic carbocycles. The summed E-state index contributed by atoms with van der Waals surface area (Å²) in [5.74, 6) is 1.01. The van der Waals surface area contributed by atoms with Crippen molar-refractivity contribution in [2.45, 2.75) is 43.6 Å². The Morgan fingerprint density at radius 1 is 0.949 bits per heavy atom. The smallest absolute Gasteiger partial charge is 0.416 e. The Morgan fingerprint density at radius 2 is 1.64 bits per heavy atom. The zero-order valence-electron chi connectivity index (χ0n) is 20.3. The number of ether oxygens (including phenoxy) is 1. The number of amides is 1. The van der Waals surface area contributed by atoms with Crippen LogP contribution in [-0.2, 0) is 17.1 Å². The maximum atomic E-state index is 13.2. The number of carbonyl (C=O) groups is 1. The highest BCUT2D eigenvalue weighted by atomic mass is 19.4. The van der Waals surface area contributed by atoms with E-state index < -0.39 is 35.2 Å². The van der Waals surface area contributed by atoms with Crippen LogP contribution < -0.4 is 10.2 Å². The van der Waals surface area contributed by atoms with Gasteiger partial charge in [0.25, 0.3) is 0 Å². The maximum Gasteiger partial charge on any atom is 0.416 e. The van der Waals surface area contributed by atoms with E-state index in [1.54, 1.807) is 12.1 Å². The average Bonchev–Trinajstić information content (AvgIpc) is 3.23. The first-order chi connectivity index (χ1) is 18.4. The van der Waals surface area contributed by atoms with Gasteiger partial charge in [-0.15, -0.1) is 15.3 Å². The molecule has 1 aromatic carbocycles. The van der Waals surface area contributed by atoms with Crippen LogP contribution in [0.25, 0.3) is 11.3 Å². The first kappa shape index (κ1) is 26.6. The Labute approximate surface area is 218 Å². The third-order valence-electron chi connectivity index (χ3n) is 6.94. The fraction of sp³-hybridized carbons (Fsp3) is 0.400. The molecule has 1 N–H and O–H groups in total. The van der Waals surface area contributed by atoms with Gasteiger partial charge in [0.1, 0.15) is 11.4 Å². The van der Waals surface area contributed by atoms with E-state index in [9.17, 15) is 31.1 Å². The summed E-state index contributed by atoms with van der Waals surface area (Å²) in [6.45, 7) is 0.914. The van der Waals surface area contributed by atoms with Gasteiger partial charge < -0.3 is 10.1 Å². The predicted octanol–water partition coefficient (Wildman–Crippen LogP) is 5.97. The molecule has 14 heteroatoms. The van der Waals surface area contributed by atoms with Crippen LogP contribution in [0, 0.1) is 5.92 Å². The van der Waals surface area contributed by atoms with Crippen LogP contribution >= 0.6 is 0 Å². The van der Waals surface area contributed by atoms with E-state index in [4.69, 9.17) is 4.74 Å². The van der Waals surface area contributed by atoms with E-state index in [-0.39, 0.29) is 23.2 Å². The van der Waals surface area contributed by atoms with Crippen LogP contribution in [0.1, 0.15) is 36.8 Å². The molecule has 0 radical (unpaired) electrons. The van der Waals surface area contributed by atoms with E-state index in [1.807, 2.05) is 0 Å². The second-order valence-electron chi connectivity index (χ2n) is 9.64. The lowest BCUT2D eigenvalue weighted by molar-refractivity contribution is -0.143. The number of rotatable bonds is 5. The van der Waals surface area contributed by atoms with Crippen molar-refractivity contribution in [3.05, 3.63) is 59.8 Å². The molecule has 0 unspecified atom stereocenters. The lowest BCUT2D eigenvalue weighted by Crippen LogP contribution is -2.39. The van der Waals surface area contributed by atoms with E-state index in [1.165, 1.54) is 23.2 Å². The number of nitrogens with zero attached hydrogens (tertiary/aromatic N) is 5. The molecule has 5 rings (SSSR count). The SMILES string of the molecule is O=C1O[C@]2(CC[C@H](CNc3ccc(-c4cc(C(F)(F)F)cc(C(F)(F)F)c4)nn3)CC2)CN1c1cccnn1. The van der Waals surface area contributed by atoms with Crippen LogP contribution in [0.4, 0.5) is 42.8 Å². The molecule has 2 fully saturated rings. The molecular weight excluding hydrogens is 530 g/mol. The maximum absolute atomic E-state index is 13.2. The fourth-order valence-corrected chi connectivity index (χ4v) is 4.84. The third kappa shape index (κ3) is 5.88. The van der Waals surface area contributed by atoms with Crippen LogP contribution in [0.2, 0.25) is 0 Å². The standard InChI is InChI=1S/C25H22F6N6O2/c26-24(27,28)17-10-16(11-18(12-17)25(29,30)31)19-3-4-20(35-34-19)32-13-15-5-7-23(8-6-15)14-37(22(38)39-23)21-2-1-9-33-36-21/h1-4,9-12,15H,5-8,13-14H2,(H,32,35)/t15-,23-. The lowest BCUT2D eigenvalue weighted by atomic mass is 9.78. The van der Waals surface area contributed by atoms with E-state index in [2.05, 4.69) is 25.7 Å². The normalized spacial score (nSPS) is 21.7. The van der Waals surface area contributed by atoms with Gasteiger partial charge in [-0.3, -0.25) is 4.90 Å². The molecular formula is C25H22F6N6O2. The van der Waals surface area contributed by atoms with Gasteiger partial charge in [-0.2, -0.15) is 31.4 Å². The third-order valence-corrected chi connectivity index (χ3v) is 6.94. The van der Waals surface area contributed by atoms with Gasteiger partial charge in [-0.05, 0) is 74.1 Å². The first-order valence-electron chi connectivity index (χ1n) is 12.1. The molecule has 3 heterocycles. The van der Waals surface area contributed by atoms with Gasteiger partial charge in [-0.25, -0.2) is 4.79 Å². The minimum absolute atomic E-state index is 0.0704. The summed E-state index contributed by atoms with van der Waals surface area (Å²) in [5, 5.41) is 18.7. The van der Waals surface area contributed by atoms with Gasteiger partial charge in [0, 0.05) is 18.3 Å². The number of alkyl halides is 6. The molecule has 39 heavy (non-hydrogen) atoms. The van der Waals surface area contributed by atoms with Crippen molar-refractivity contribution in [1.29, 1.82) is 0 Å². The Morgan fingerprint density at radius 3 is 2.21 bits per heavy atom. The topological polar surface area (TPSA) is 93.1 Å². The summed E-state index contributed by atoms with van der Waals surface area (Å²) in [7, 11) is 0. The average molecular weight is 552 g/mol. The summed E-state index contributed by atoms with van der Waals surface area (Å²) in [4.78, 5) is 13.9. The van der Waals surface area contributed by atoms with Crippen molar-refractivity contribution >= 4 is 17.7 Å². The van der Waals surface area contributed by atoms with Crippen molar-refractivity contribution in [1.82, 2.24) is 20.4 Å².